The molecule has 0 saturated carbocycles. The number of hydrogen-bond acceptors (Lipinski definition) is 5. The topological polar surface area (TPSA) is 86.1 Å². The molecule has 2 aromatic heterocycles. The summed E-state index contributed by atoms with van der Waals surface area (Å²) in [4.78, 5) is 27.8. The Morgan fingerprint density at radius 3 is 2.58 bits per heavy atom. The van der Waals surface area contributed by atoms with E-state index in [2.05, 4.69) is 15.4 Å². The predicted octanol–water partition coefficient (Wildman–Crippen LogP) is 3.02. The van der Waals surface area contributed by atoms with Crippen molar-refractivity contribution in [2.24, 2.45) is 0 Å². The van der Waals surface area contributed by atoms with Gasteiger partial charge in [-0.15, -0.1) is 0 Å². The van der Waals surface area contributed by atoms with Gasteiger partial charge in [-0.1, -0.05) is 11.6 Å². The zero-order valence-electron chi connectivity index (χ0n) is 13.8. The van der Waals surface area contributed by atoms with E-state index in [0.717, 1.165) is 11.4 Å². The molecular weight excluding hydrogens is 356 g/mol. The van der Waals surface area contributed by atoms with Crippen LogP contribution in [-0.4, -0.2) is 33.2 Å². The summed E-state index contributed by atoms with van der Waals surface area (Å²) in [6.45, 7) is 1.51. The summed E-state index contributed by atoms with van der Waals surface area (Å²) in [5, 5.41) is 6.89. The van der Waals surface area contributed by atoms with Crippen molar-refractivity contribution in [1.82, 2.24) is 14.8 Å². The Balaban J connectivity index is 1.57. The van der Waals surface area contributed by atoms with Crippen LogP contribution in [0.1, 0.15) is 16.1 Å². The molecule has 1 amide bonds. The lowest BCUT2D eigenvalue weighted by Crippen LogP contribution is -2.21. The van der Waals surface area contributed by atoms with Crippen molar-refractivity contribution in [2.45, 2.75) is 6.92 Å². The molecule has 0 fully saturated rings. The molecular formula is C18H15ClN4O3. The van der Waals surface area contributed by atoms with E-state index >= 15 is 0 Å². The maximum atomic E-state index is 12.1. The number of amides is 1. The number of nitrogens with one attached hydrogen (secondary N) is 1. The molecule has 26 heavy (non-hydrogen) atoms. The maximum Gasteiger partial charge on any atom is 0.338 e. The summed E-state index contributed by atoms with van der Waals surface area (Å²) in [6, 6.07) is 11.9. The molecule has 0 aliphatic rings. The molecule has 0 spiro atoms. The second kappa shape index (κ2) is 7.79. The van der Waals surface area contributed by atoms with Crippen LogP contribution < -0.4 is 5.32 Å². The molecule has 3 rings (SSSR count). The lowest BCUT2D eigenvalue weighted by atomic mass is 10.2. The van der Waals surface area contributed by atoms with E-state index in [1.54, 1.807) is 47.3 Å². The second-order valence-corrected chi connectivity index (χ2v) is 5.76. The standard InChI is InChI=1S/C18H15ClN4O3/c1-12-8-10-21-23(12)14-6-4-13(5-7-14)18(25)26-11-16(24)22-15-3-2-9-20-17(15)19/h2-10H,11H2,1H3,(H,22,24). The Bertz CT molecular complexity index is 938. The molecule has 3 aromatic rings. The van der Waals surface area contributed by atoms with Gasteiger partial charge in [0.05, 0.1) is 16.9 Å². The summed E-state index contributed by atoms with van der Waals surface area (Å²) in [5.41, 5.74) is 2.50. The number of benzene rings is 1. The minimum absolute atomic E-state index is 0.164. The number of nitrogens with zero attached hydrogens (tertiary/aromatic N) is 3. The molecule has 0 saturated heterocycles. The van der Waals surface area contributed by atoms with E-state index in [9.17, 15) is 9.59 Å². The van der Waals surface area contributed by atoms with Gasteiger partial charge in [0.25, 0.3) is 5.91 Å². The molecule has 8 heteroatoms. The third-order valence-corrected chi connectivity index (χ3v) is 3.85. The smallest absolute Gasteiger partial charge is 0.338 e. The van der Waals surface area contributed by atoms with Gasteiger partial charge in [0, 0.05) is 18.1 Å². The zero-order chi connectivity index (χ0) is 18.5. The van der Waals surface area contributed by atoms with Crippen molar-refractivity contribution in [2.75, 3.05) is 11.9 Å². The molecule has 7 nitrogen and oxygen atoms in total. The van der Waals surface area contributed by atoms with Crippen LogP contribution in [-0.2, 0) is 9.53 Å². The minimum Gasteiger partial charge on any atom is -0.452 e. The maximum absolute atomic E-state index is 12.1. The largest absolute Gasteiger partial charge is 0.452 e. The number of rotatable bonds is 5. The lowest BCUT2D eigenvalue weighted by Gasteiger charge is -2.08. The highest BCUT2D eigenvalue weighted by molar-refractivity contribution is 6.32. The van der Waals surface area contributed by atoms with Crippen molar-refractivity contribution in [3.63, 3.8) is 0 Å². The van der Waals surface area contributed by atoms with E-state index < -0.39 is 18.5 Å². The van der Waals surface area contributed by atoms with Crippen LogP contribution in [0.5, 0.6) is 0 Å². The molecule has 1 aromatic carbocycles. The highest BCUT2D eigenvalue weighted by Gasteiger charge is 2.12. The fourth-order valence-electron chi connectivity index (χ4n) is 2.26. The SMILES string of the molecule is Cc1ccnn1-c1ccc(C(=O)OCC(=O)Nc2cccnc2Cl)cc1. The number of esters is 1. The molecule has 0 bridgehead atoms. The molecule has 132 valence electrons. The minimum atomic E-state index is -0.596. The third-order valence-electron chi connectivity index (χ3n) is 3.55. The molecule has 0 unspecified atom stereocenters. The van der Waals surface area contributed by atoms with E-state index in [4.69, 9.17) is 16.3 Å². The number of ether oxygens (including phenoxy) is 1. The number of aryl methyl sites for hydroxylation is 1. The first-order chi connectivity index (χ1) is 12.5. The van der Waals surface area contributed by atoms with Crippen LogP contribution >= 0.6 is 11.6 Å². The van der Waals surface area contributed by atoms with Gasteiger partial charge in [0.2, 0.25) is 0 Å². The molecule has 0 aliphatic heterocycles. The van der Waals surface area contributed by atoms with Gasteiger partial charge in [0.1, 0.15) is 0 Å². The van der Waals surface area contributed by atoms with E-state index in [-0.39, 0.29) is 5.15 Å². The Hall–Kier alpha value is -3.19. The third kappa shape index (κ3) is 4.07. The first-order valence-corrected chi connectivity index (χ1v) is 8.11. The molecule has 1 N–H and O–H groups in total. The van der Waals surface area contributed by atoms with Crippen LogP contribution in [0.2, 0.25) is 5.15 Å². The number of carbonyl (C=O) groups excluding carboxylic acids is 2. The van der Waals surface area contributed by atoms with Crippen LogP contribution in [0.4, 0.5) is 5.69 Å². The fourth-order valence-corrected chi connectivity index (χ4v) is 2.43. The fraction of sp³-hybridized carbons (Fsp3) is 0.111. The predicted molar refractivity (Wildman–Crippen MR) is 96.5 cm³/mol. The first-order valence-electron chi connectivity index (χ1n) is 7.73. The summed E-state index contributed by atoms with van der Waals surface area (Å²) in [7, 11) is 0. The summed E-state index contributed by atoms with van der Waals surface area (Å²) in [5.74, 6) is -1.10. The number of halogens is 1. The van der Waals surface area contributed by atoms with E-state index in [1.807, 2.05) is 13.0 Å². The van der Waals surface area contributed by atoms with Gasteiger partial charge in [-0.3, -0.25) is 4.79 Å². The average molecular weight is 371 g/mol. The van der Waals surface area contributed by atoms with Gasteiger partial charge >= 0.3 is 5.97 Å². The number of aromatic nitrogens is 3. The van der Waals surface area contributed by atoms with Gasteiger partial charge in [0.15, 0.2) is 11.8 Å². The second-order valence-electron chi connectivity index (χ2n) is 5.40. The monoisotopic (exact) mass is 370 g/mol. The molecule has 0 radical (unpaired) electrons. The quantitative estimate of drug-likeness (QED) is 0.551. The van der Waals surface area contributed by atoms with E-state index in [1.165, 1.54) is 6.20 Å². The lowest BCUT2D eigenvalue weighted by molar-refractivity contribution is -0.119. The molecule has 2 heterocycles. The van der Waals surface area contributed by atoms with Crippen LogP contribution in [0, 0.1) is 6.92 Å². The van der Waals surface area contributed by atoms with Gasteiger partial charge < -0.3 is 10.1 Å². The van der Waals surface area contributed by atoms with Crippen molar-refractivity contribution in [3.05, 3.63) is 71.3 Å². The molecule has 0 atom stereocenters. The van der Waals surface area contributed by atoms with Crippen molar-refractivity contribution >= 4 is 29.2 Å². The van der Waals surface area contributed by atoms with Crippen LogP contribution in [0.15, 0.2) is 54.9 Å². The van der Waals surface area contributed by atoms with Gasteiger partial charge in [-0.05, 0) is 49.4 Å². The Labute approximate surface area is 154 Å². The molecule has 0 aliphatic carbocycles. The van der Waals surface area contributed by atoms with E-state index in [0.29, 0.717) is 11.3 Å². The summed E-state index contributed by atoms with van der Waals surface area (Å²) >= 11 is 5.85. The normalized spacial score (nSPS) is 10.4. The number of hydrogen-bond donors (Lipinski definition) is 1. The number of pyridine rings is 1. The average Bonchev–Trinajstić information content (AvgIpc) is 3.08. The highest BCUT2D eigenvalue weighted by Crippen LogP contribution is 2.17. The zero-order valence-corrected chi connectivity index (χ0v) is 14.6. The number of anilines is 1. The van der Waals surface area contributed by atoms with Crippen molar-refractivity contribution in [3.8, 4) is 5.69 Å². The first kappa shape index (κ1) is 17.6. The van der Waals surface area contributed by atoms with Crippen LogP contribution in [0.25, 0.3) is 5.69 Å². The van der Waals surface area contributed by atoms with Gasteiger partial charge in [-0.25, -0.2) is 14.5 Å². The summed E-state index contributed by atoms with van der Waals surface area (Å²) < 4.78 is 6.77. The van der Waals surface area contributed by atoms with Crippen molar-refractivity contribution in [1.29, 1.82) is 0 Å². The highest BCUT2D eigenvalue weighted by atomic mass is 35.5. The Kier molecular flexibility index (Phi) is 5.28. The van der Waals surface area contributed by atoms with Crippen molar-refractivity contribution < 1.29 is 14.3 Å². The Morgan fingerprint density at radius 2 is 1.92 bits per heavy atom. The number of carbonyl (C=O) groups is 2. The van der Waals surface area contributed by atoms with Gasteiger partial charge in [-0.2, -0.15) is 5.10 Å². The van der Waals surface area contributed by atoms with Crippen LogP contribution in [0.3, 0.4) is 0 Å². The Morgan fingerprint density at radius 1 is 1.15 bits per heavy atom. The summed E-state index contributed by atoms with van der Waals surface area (Å²) in [6.07, 6.45) is 3.21.